The lowest BCUT2D eigenvalue weighted by Crippen LogP contribution is -2.34. The van der Waals surface area contributed by atoms with Crippen LogP contribution in [0.1, 0.15) is 39.8 Å². The van der Waals surface area contributed by atoms with Gasteiger partial charge in [0.2, 0.25) is 0 Å². The van der Waals surface area contributed by atoms with Crippen molar-refractivity contribution in [3.63, 3.8) is 0 Å². The molecular weight excluding hydrogens is 212 g/mol. The lowest BCUT2D eigenvalue weighted by atomic mass is 10.0. The molecule has 0 radical (unpaired) electrons. The van der Waals surface area contributed by atoms with Crippen molar-refractivity contribution in [1.82, 2.24) is 10.2 Å². The second kappa shape index (κ2) is 5.96. The Morgan fingerprint density at radius 1 is 1.29 bits per heavy atom. The van der Waals surface area contributed by atoms with E-state index in [0.717, 1.165) is 30.9 Å². The zero-order chi connectivity index (χ0) is 12.9. The molecule has 0 saturated heterocycles. The molecule has 4 heteroatoms. The standard InChI is InChI=1S/C13H24N4/c1-10(2)9-11-5-6-12(17-16-11)15-8-7-13(3,4)14/h5-6,10H,7-9,14H2,1-4H3,(H,15,17). The van der Waals surface area contributed by atoms with E-state index in [1.54, 1.807) is 0 Å². The SMILES string of the molecule is CC(C)Cc1ccc(NCCC(C)(C)N)nn1. The third-order valence-corrected chi connectivity index (χ3v) is 2.41. The summed E-state index contributed by atoms with van der Waals surface area (Å²) in [5, 5.41) is 11.6. The van der Waals surface area contributed by atoms with Crippen molar-refractivity contribution in [2.75, 3.05) is 11.9 Å². The number of anilines is 1. The summed E-state index contributed by atoms with van der Waals surface area (Å²) in [7, 11) is 0. The minimum atomic E-state index is -0.141. The van der Waals surface area contributed by atoms with E-state index in [-0.39, 0.29) is 5.54 Å². The Morgan fingerprint density at radius 3 is 2.47 bits per heavy atom. The van der Waals surface area contributed by atoms with Gasteiger partial charge in [-0.15, -0.1) is 5.10 Å². The largest absolute Gasteiger partial charge is 0.369 e. The monoisotopic (exact) mass is 236 g/mol. The van der Waals surface area contributed by atoms with Gasteiger partial charge in [0.15, 0.2) is 0 Å². The fraction of sp³-hybridized carbons (Fsp3) is 0.692. The molecule has 3 N–H and O–H groups in total. The first kappa shape index (κ1) is 13.9. The van der Waals surface area contributed by atoms with Gasteiger partial charge in [-0.3, -0.25) is 0 Å². The van der Waals surface area contributed by atoms with Crippen LogP contribution in [0, 0.1) is 5.92 Å². The van der Waals surface area contributed by atoms with Crippen molar-refractivity contribution in [3.8, 4) is 0 Å². The Hall–Kier alpha value is -1.16. The van der Waals surface area contributed by atoms with E-state index < -0.39 is 0 Å². The zero-order valence-corrected chi connectivity index (χ0v) is 11.3. The van der Waals surface area contributed by atoms with E-state index in [1.807, 2.05) is 26.0 Å². The third kappa shape index (κ3) is 6.22. The van der Waals surface area contributed by atoms with Crippen LogP contribution >= 0.6 is 0 Å². The van der Waals surface area contributed by atoms with Gasteiger partial charge in [-0.05, 0) is 44.7 Å². The van der Waals surface area contributed by atoms with Gasteiger partial charge in [-0.2, -0.15) is 5.10 Å². The number of nitrogens with one attached hydrogen (secondary N) is 1. The molecule has 0 bridgehead atoms. The van der Waals surface area contributed by atoms with E-state index >= 15 is 0 Å². The van der Waals surface area contributed by atoms with E-state index in [2.05, 4.69) is 29.4 Å². The quantitative estimate of drug-likeness (QED) is 0.795. The van der Waals surface area contributed by atoms with Gasteiger partial charge in [0, 0.05) is 12.1 Å². The minimum Gasteiger partial charge on any atom is -0.369 e. The normalized spacial score (nSPS) is 11.9. The molecule has 1 heterocycles. The average Bonchev–Trinajstić information content (AvgIpc) is 2.18. The Morgan fingerprint density at radius 2 is 2.00 bits per heavy atom. The van der Waals surface area contributed by atoms with Gasteiger partial charge in [-0.25, -0.2) is 0 Å². The molecule has 0 amide bonds. The summed E-state index contributed by atoms with van der Waals surface area (Å²) < 4.78 is 0. The van der Waals surface area contributed by atoms with E-state index in [1.165, 1.54) is 0 Å². The smallest absolute Gasteiger partial charge is 0.148 e. The fourth-order valence-corrected chi connectivity index (χ4v) is 1.49. The van der Waals surface area contributed by atoms with Gasteiger partial charge < -0.3 is 11.1 Å². The third-order valence-electron chi connectivity index (χ3n) is 2.41. The molecule has 1 rings (SSSR count). The zero-order valence-electron chi connectivity index (χ0n) is 11.3. The second-order valence-electron chi connectivity index (χ2n) is 5.67. The predicted molar refractivity (Wildman–Crippen MR) is 71.9 cm³/mol. The van der Waals surface area contributed by atoms with Gasteiger partial charge in [0.1, 0.15) is 5.82 Å². The number of rotatable bonds is 6. The number of nitrogens with zero attached hydrogens (tertiary/aromatic N) is 2. The molecular formula is C13H24N4. The number of hydrogen-bond acceptors (Lipinski definition) is 4. The molecule has 0 spiro atoms. The molecule has 17 heavy (non-hydrogen) atoms. The summed E-state index contributed by atoms with van der Waals surface area (Å²) >= 11 is 0. The van der Waals surface area contributed by atoms with Crippen LogP contribution in [-0.2, 0) is 6.42 Å². The van der Waals surface area contributed by atoms with Crippen LogP contribution in [0.5, 0.6) is 0 Å². The lowest BCUT2D eigenvalue weighted by Gasteiger charge is -2.18. The van der Waals surface area contributed by atoms with Crippen LogP contribution in [0.15, 0.2) is 12.1 Å². The van der Waals surface area contributed by atoms with E-state index in [9.17, 15) is 0 Å². The summed E-state index contributed by atoms with van der Waals surface area (Å²) in [4.78, 5) is 0. The highest BCUT2D eigenvalue weighted by Crippen LogP contribution is 2.08. The number of hydrogen-bond donors (Lipinski definition) is 2. The van der Waals surface area contributed by atoms with Crippen molar-refractivity contribution < 1.29 is 0 Å². The van der Waals surface area contributed by atoms with Crippen molar-refractivity contribution in [2.45, 2.75) is 46.1 Å². The molecule has 0 aliphatic rings. The average molecular weight is 236 g/mol. The maximum atomic E-state index is 5.90. The van der Waals surface area contributed by atoms with Gasteiger partial charge in [0.25, 0.3) is 0 Å². The second-order valence-corrected chi connectivity index (χ2v) is 5.67. The number of nitrogens with two attached hydrogens (primary N) is 1. The van der Waals surface area contributed by atoms with Gasteiger partial charge >= 0.3 is 0 Å². The maximum absolute atomic E-state index is 5.90. The molecule has 4 nitrogen and oxygen atoms in total. The molecule has 1 aromatic rings. The Balaban J connectivity index is 2.40. The summed E-state index contributed by atoms with van der Waals surface area (Å²) in [5.74, 6) is 1.43. The molecule has 0 atom stereocenters. The minimum absolute atomic E-state index is 0.141. The van der Waals surface area contributed by atoms with E-state index in [4.69, 9.17) is 5.73 Å². The maximum Gasteiger partial charge on any atom is 0.148 e. The first-order valence-electron chi connectivity index (χ1n) is 6.22. The van der Waals surface area contributed by atoms with Crippen molar-refractivity contribution in [2.24, 2.45) is 11.7 Å². The first-order chi connectivity index (χ1) is 7.87. The van der Waals surface area contributed by atoms with Gasteiger partial charge in [-0.1, -0.05) is 13.8 Å². The summed E-state index contributed by atoms with van der Waals surface area (Å²) in [5.41, 5.74) is 6.81. The van der Waals surface area contributed by atoms with Crippen LogP contribution in [0.4, 0.5) is 5.82 Å². The number of aromatic nitrogens is 2. The van der Waals surface area contributed by atoms with Crippen LogP contribution < -0.4 is 11.1 Å². The summed E-state index contributed by atoms with van der Waals surface area (Å²) in [6, 6.07) is 4.01. The van der Waals surface area contributed by atoms with Gasteiger partial charge in [0.05, 0.1) is 5.69 Å². The molecule has 0 fully saturated rings. The molecule has 0 aliphatic heterocycles. The van der Waals surface area contributed by atoms with Crippen LogP contribution in [0.2, 0.25) is 0 Å². The molecule has 96 valence electrons. The summed E-state index contributed by atoms with van der Waals surface area (Å²) in [6.07, 6.45) is 1.88. The Bertz CT molecular complexity index is 324. The highest BCUT2D eigenvalue weighted by Gasteiger charge is 2.09. The Kier molecular flexibility index (Phi) is 4.87. The highest BCUT2D eigenvalue weighted by molar-refractivity contribution is 5.32. The van der Waals surface area contributed by atoms with Crippen LogP contribution in [-0.4, -0.2) is 22.3 Å². The topological polar surface area (TPSA) is 63.8 Å². The predicted octanol–water partition coefficient (Wildman–Crippen LogP) is 2.21. The molecule has 0 unspecified atom stereocenters. The van der Waals surface area contributed by atoms with Crippen molar-refractivity contribution >= 4 is 5.82 Å². The Labute approximate surface area is 104 Å². The lowest BCUT2D eigenvalue weighted by molar-refractivity contribution is 0.490. The first-order valence-corrected chi connectivity index (χ1v) is 6.22. The molecule has 0 saturated carbocycles. The fourth-order valence-electron chi connectivity index (χ4n) is 1.49. The molecule has 0 aliphatic carbocycles. The van der Waals surface area contributed by atoms with Crippen molar-refractivity contribution in [1.29, 1.82) is 0 Å². The van der Waals surface area contributed by atoms with Crippen molar-refractivity contribution in [3.05, 3.63) is 17.8 Å². The summed E-state index contributed by atoms with van der Waals surface area (Å²) in [6.45, 7) is 9.22. The highest BCUT2D eigenvalue weighted by atomic mass is 15.2. The molecule has 0 aromatic carbocycles. The van der Waals surface area contributed by atoms with Crippen LogP contribution in [0.25, 0.3) is 0 Å². The molecule has 1 aromatic heterocycles. The van der Waals surface area contributed by atoms with Crippen LogP contribution in [0.3, 0.4) is 0 Å². The van der Waals surface area contributed by atoms with E-state index in [0.29, 0.717) is 5.92 Å².